The molecule has 3 aromatic rings. The van der Waals surface area contributed by atoms with Gasteiger partial charge in [-0.3, -0.25) is 0 Å². The fraction of sp³-hybridized carbons (Fsp3) is 0.292. The molecule has 0 amide bonds. The quantitative estimate of drug-likeness (QED) is 0.516. The van der Waals surface area contributed by atoms with Gasteiger partial charge < -0.3 is 19.5 Å². The molecule has 2 unspecified atom stereocenters. The highest BCUT2D eigenvalue weighted by molar-refractivity contribution is 7.80. The van der Waals surface area contributed by atoms with Crippen molar-refractivity contribution in [1.82, 2.24) is 20.4 Å². The Bertz CT molecular complexity index is 1160. The van der Waals surface area contributed by atoms with Crippen molar-refractivity contribution in [3.05, 3.63) is 76.8 Å². The average molecular weight is 467 g/mol. The Morgan fingerprint density at radius 2 is 2.03 bits per heavy atom. The van der Waals surface area contributed by atoms with Crippen molar-refractivity contribution in [1.29, 1.82) is 0 Å². The van der Waals surface area contributed by atoms with Crippen LogP contribution in [0.4, 0.5) is 0 Å². The van der Waals surface area contributed by atoms with Crippen LogP contribution in [0.15, 0.2) is 64.8 Å². The molecule has 1 saturated heterocycles. The summed E-state index contributed by atoms with van der Waals surface area (Å²) in [5.41, 5.74) is 3.73. The van der Waals surface area contributed by atoms with Crippen molar-refractivity contribution >= 4 is 34.5 Å². The first-order valence-corrected chi connectivity index (χ1v) is 11.4. The number of thiocarbonyl (C=S) groups is 1. The Labute approximate surface area is 197 Å². The Kier molecular flexibility index (Phi) is 5.95. The molecule has 2 aliphatic heterocycles. The van der Waals surface area contributed by atoms with Crippen LogP contribution in [-0.2, 0) is 4.74 Å². The summed E-state index contributed by atoms with van der Waals surface area (Å²) in [5.74, 6) is 1.00. The normalized spacial score (nSPS) is 21.2. The minimum Gasteiger partial charge on any atom is -0.376 e. The predicted octanol–water partition coefficient (Wildman–Crippen LogP) is 5.23. The molecular formula is C24H23ClN4O2S. The second-order valence-corrected chi connectivity index (χ2v) is 8.79. The van der Waals surface area contributed by atoms with Crippen molar-refractivity contribution in [3.8, 4) is 11.4 Å². The third-order valence-electron chi connectivity index (χ3n) is 5.88. The van der Waals surface area contributed by atoms with Crippen LogP contribution in [0.5, 0.6) is 0 Å². The summed E-state index contributed by atoms with van der Waals surface area (Å²) in [5, 5.41) is 9.01. The van der Waals surface area contributed by atoms with Crippen LogP contribution in [-0.4, -0.2) is 39.4 Å². The second-order valence-electron chi connectivity index (χ2n) is 7.97. The molecule has 6 nitrogen and oxygen atoms in total. The van der Waals surface area contributed by atoms with Crippen molar-refractivity contribution in [3.63, 3.8) is 0 Å². The third-order valence-corrected chi connectivity index (χ3v) is 6.45. The lowest BCUT2D eigenvalue weighted by atomic mass is 9.94. The molecule has 0 bridgehead atoms. The number of aromatic nitrogens is 2. The summed E-state index contributed by atoms with van der Waals surface area (Å²) in [6.07, 6.45) is 2.25. The van der Waals surface area contributed by atoms with Gasteiger partial charge in [-0.15, -0.1) is 0 Å². The average Bonchev–Trinajstić information content (AvgIpc) is 3.49. The van der Waals surface area contributed by atoms with Crippen LogP contribution in [0.25, 0.3) is 17.0 Å². The molecule has 5 rings (SSSR count). The first kappa shape index (κ1) is 21.1. The predicted molar refractivity (Wildman–Crippen MR) is 128 cm³/mol. The molecule has 0 spiro atoms. The monoisotopic (exact) mass is 466 g/mol. The number of halogens is 1. The lowest BCUT2D eigenvalue weighted by Crippen LogP contribution is -2.48. The first-order chi connectivity index (χ1) is 15.6. The van der Waals surface area contributed by atoms with E-state index in [1.165, 1.54) is 0 Å². The number of ether oxygens (including phenoxy) is 1. The van der Waals surface area contributed by atoms with E-state index in [0.29, 0.717) is 28.4 Å². The van der Waals surface area contributed by atoms with Crippen molar-refractivity contribution in [2.45, 2.75) is 31.9 Å². The molecule has 0 saturated carbocycles. The highest BCUT2D eigenvalue weighted by atomic mass is 35.5. The van der Waals surface area contributed by atoms with Gasteiger partial charge in [0.1, 0.15) is 0 Å². The van der Waals surface area contributed by atoms with E-state index in [0.717, 1.165) is 41.8 Å². The van der Waals surface area contributed by atoms with Crippen LogP contribution in [0.2, 0.25) is 5.02 Å². The van der Waals surface area contributed by atoms with Gasteiger partial charge in [-0.2, -0.15) is 4.98 Å². The lowest BCUT2D eigenvalue weighted by Gasteiger charge is -2.38. The fourth-order valence-corrected chi connectivity index (χ4v) is 4.77. The van der Waals surface area contributed by atoms with Crippen LogP contribution in [0.1, 0.15) is 37.3 Å². The van der Waals surface area contributed by atoms with Crippen LogP contribution >= 0.6 is 23.8 Å². The van der Waals surface area contributed by atoms with E-state index in [4.69, 9.17) is 38.1 Å². The molecular weight excluding hydrogens is 444 g/mol. The van der Waals surface area contributed by atoms with Crippen molar-refractivity contribution in [2.75, 3.05) is 13.2 Å². The number of hydrogen-bond acceptors (Lipinski definition) is 5. The topological polar surface area (TPSA) is 63.4 Å². The minimum absolute atomic E-state index is 0.149. The van der Waals surface area contributed by atoms with Gasteiger partial charge in [-0.25, -0.2) is 0 Å². The van der Waals surface area contributed by atoms with Gasteiger partial charge in [0.05, 0.1) is 24.3 Å². The van der Waals surface area contributed by atoms with E-state index in [-0.39, 0.29) is 12.1 Å². The molecule has 1 N–H and O–H groups in total. The van der Waals surface area contributed by atoms with Gasteiger partial charge in [-0.1, -0.05) is 59.2 Å². The molecule has 3 heterocycles. The summed E-state index contributed by atoms with van der Waals surface area (Å²) in [4.78, 5) is 6.81. The number of benzene rings is 2. The Hall–Kier alpha value is -2.74. The molecule has 1 aromatic heterocycles. The van der Waals surface area contributed by atoms with Crippen molar-refractivity contribution in [2.24, 2.45) is 0 Å². The second kappa shape index (κ2) is 9.02. The largest absolute Gasteiger partial charge is 0.376 e. The molecule has 8 heteroatoms. The molecule has 0 radical (unpaired) electrons. The number of allylic oxidation sites excluding steroid dienone is 1. The molecule has 2 atom stereocenters. The summed E-state index contributed by atoms with van der Waals surface area (Å²) < 4.78 is 11.6. The lowest BCUT2D eigenvalue weighted by molar-refractivity contribution is 0.0962. The number of rotatable bonds is 5. The SMILES string of the molecule is CC1=C(c2nc(-c3ccccc3)no2)C(c2cccc(Cl)c2)NC(=S)N1CC1CCCO1. The third kappa shape index (κ3) is 4.16. The smallest absolute Gasteiger partial charge is 0.258 e. The van der Waals surface area contributed by atoms with E-state index >= 15 is 0 Å². The Balaban J connectivity index is 1.58. The summed E-state index contributed by atoms with van der Waals surface area (Å²) in [6.45, 7) is 3.52. The molecule has 164 valence electrons. The zero-order valence-corrected chi connectivity index (χ0v) is 19.2. The summed E-state index contributed by atoms with van der Waals surface area (Å²) >= 11 is 12.1. The van der Waals surface area contributed by atoms with E-state index < -0.39 is 0 Å². The van der Waals surface area contributed by atoms with Gasteiger partial charge in [0, 0.05) is 22.9 Å². The summed E-state index contributed by atoms with van der Waals surface area (Å²) in [6, 6.07) is 17.3. The highest BCUT2D eigenvalue weighted by Gasteiger charge is 2.35. The fourth-order valence-electron chi connectivity index (χ4n) is 4.24. The molecule has 0 aliphatic carbocycles. The maximum Gasteiger partial charge on any atom is 0.258 e. The molecule has 1 fully saturated rings. The molecule has 2 aliphatic rings. The zero-order valence-electron chi connectivity index (χ0n) is 17.6. The van der Waals surface area contributed by atoms with Gasteiger partial charge in [0.25, 0.3) is 5.89 Å². The van der Waals surface area contributed by atoms with Gasteiger partial charge >= 0.3 is 0 Å². The highest BCUT2D eigenvalue weighted by Crippen LogP contribution is 2.38. The number of hydrogen-bond donors (Lipinski definition) is 1. The number of nitrogens with zero attached hydrogens (tertiary/aromatic N) is 3. The minimum atomic E-state index is -0.258. The molecule has 32 heavy (non-hydrogen) atoms. The number of nitrogens with one attached hydrogen (secondary N) is 1. The van der Waals surface area contributed by atoms with Gasteiger partial charge in [0.15, 0.2) is 5.11 Å². The van der Waals surface area contributed by atoms with Crippen LogP contribution in [0, 0.1) is 0 Å². The molecule has 2 aromatic carbocycles. The van der Waals surface area contributed by atoms with Gasteiger partial charge in [0.2, 0.25) is 5.82 Å². The standard InChI is InChI=1S/C24H23ClN4O2S/c1-15-20(23-27-22(28-31-23)16-7-3-2-4-8-16)21(17-9-5-10-18(25)13-17)26-24(32)29(15)14-19-11-6-12-30-19/h2-5,7-10,13,19,21H,6,11-12,14H2,1H3,(H,26,32). The van der Waals surface area contributed by atoms with Crippen LogP contribution in [0.3, 0.4) is 0 Å². The zero-order chi connectivity index (χ0) is 22.1. The van der Waals surface area contributed by atoms with Crippen LogP contribution < -0.4 is 5.32 Å². The summed E-state index contributed by atoms with van der Waals surface area (Å²) in [7, 11) is 0. The first-order valence-electron chi connectivity index (χ1n) is 10.7. The van der Waals surface area contributed by atoms with Gasteiger partial charge in [-0.05, 0) is 49.7 Å². The van der Waals surface area contributed by atoms with E-state index in [9.17, 15) is 0 Å². The Morgan fingerprint density at radius 1 is 1.19 bits per heavy atom. The van der Waals surface area contributed by atoms with Crippen molar-refractivity contribution < 1.29 is 9.26 Å². The Morgan fingerprint density at radius 3 is 2.78 bits per heavy atom. The maximum absolute atomic E-state index is 6.30. The van der Waals surface area contributed by atoms with E-state index in [1.54, 1.807) is 0 Å². The van der Waals surface area contributed by atoms with E-state index in [2.05, 4.69) is 15.4 Å². The maximum atomic E-state index is 6.30. The van der Waals surface area contributed by atoms with E-state index in [1.807, 2.05) is 61.5 Å².